The van der Waals surface area contributed by atoms with Crippen LogP contribution in [-0.2, 0) is 9.53 Å². The lowest BCUT2D eigenvalue weighted by molar-refractivity contribution is -0.143. The molecule has 148 valence electrons. The van der Waals surface area contributed by atoms with Gasteiger partial charge in [-0.25, -0.2) is 4.79 Å². The molecule has 3 N–H and O–H groups in total. The van der Waals surface area contributed by atoms with Crippen molar-refractivity contribution in [1.82, 2.24) is 5.32 Å². The summed E-state index contributed by atoms with van der Waals surface area (Å²) in [6.07, 6.45) is -1.15. The number of benzene rings is 2. The largest absolute Gasteiger partial charge is 0.459 e. The summed E-state index contributed by atoms with van der Waals surface area (Å²) in [5.41, 5.74) is 4.35. The van der Waals surface area contributed by atoms with Crippen molar-refractivity contribution in [1.29, 1.82) is 0 Å². The van der Waals surface area contributed by atoms with E-state index in [1.807, 2.05) is 48.5 Å². The van der Waals surface area contributed by atoms with Gasteiger partial charge in [-0.15, -0.1) is 0 Å². The normalized spacial score (nSPS) is 18.9. The minimum Gasteiger partial charge on any atom is -0.459 e. The van der Waals surface area contributed by atoms with Crippen molar-refractivity contribution in [2.75, 3.05) is 13.2 Å². The Balaban J connectivity index is 1.80. The van der Waals surface area contributed by atoms with E-state index in [0.29, 0.717) is 28.1 Å². The molecule has 6 nitrogen and oxygen atoms in total. The number of ether oxygens (including phenoxy) is 1. The van der Waals surface area contributed by atoms with Crippen molar-refractivity contribution in [3.63, 3.8) is 0 Å². The van der Waals surface area contributed by atoms with E-state index < -0.39 is 24.6 Å². The Kier molecular flexibility index (Phi) is 5.05. The first-order chi connectivity index (χ1) is 14.0. The number of carbonyl (C=O) groups is 2. The molecule has 6 heteroatoms. The van der Waals surface area contributed by atoms with Crippen molar-refractivity contribution in [2.24, 2.45) is 0 Å². The van der Waals surface area contributed by atoms with E-state index in [4.69, 9.17) is 9.84 Å². The number of carbonyl (C=O) groups excluding carboxylic acids is 2. The Morgan fingerprint density at radius 3 is 2.45 bits per heavy atom. The molecule has 1 aliphatic carbocycles. The fourth-order valence-corrected chi connectivity index (χ4v) is 3.88. The number of Topliss-reactive ketones (excluding diaryl/α,β-unsaturated/α-hetero) is 1. The first-order valence-electron chi connectivity index (χ1n) is 9.40. The molecule has 0 saturated carbocycles. The molecular formula is C23H21NO5. The molecule has 0 radical (unpaired) electrons. The standard InChI is InChI=1S/C23H21NO5/c1-13-18(23(28)29-12-15(26)11-25)19(14-7-3-2-4-8-14)20-21(24-13)16-9-5-6-10-17(16)22(20)27/h2-10,15,19,24-26H,11-12H2,1H3/t15-,19+/m1/s1. The van der Waals surface area contributed by atoms with Crippen molar-refractivity contribution < 1.29 is 24.5 Å². The number of hydrogen-bond acceptors (Lipinski definition) is 6. The highest BCUT2D eigenvalue weighted by Crippen LogP contribution is 2.46. The average Bonchev–Trinajstić information content (AvgIpc) is 3.03. The third-order valence-electron chi connectivity index (χ3n) is 5.22. The summed E-state index contributed by atoms with van der Waals surface area (Å²) in [6, 6.07) is 16.7. The van der Waals surface area contributed by atoms with Gasteiger partial charge in [0.1, 0.15) is 12.7 Å². The van der Waals surface area contributed by atoms with Gasteiger partial charge in [0.05, 0.1) is 17.9 Å². The smallest absolute Gasteiger partial charge is 0.336 e. The van der Waals surface area contributed by atoms with Gasteiger partial charge in [0.2, 0.25) is 0 Å². The number of allylic oxidation sites excluding steroid dienone is 2. The Morgan fingerprint density at radius 1 is 1.10 bits per heavy atom. The van der Waals surface area contributed by atoms with Crippen LogP contribution < -0.4 is 5.32 Å². The molecule has 0 saturated heterocycles. The Bertz CT molecular complexity index is 1040. The molecule has 2 aliphatic rings. The minimum absolute atomic E-state index is 0.120. The van der Waals surface area contributed by atoms with Crippen LogP contribution in [0.4, 0.5) is 0 Å². The number of esters is 1. The Hall–Kier alpha value is -3.22. The van der Waals surface area contributed by atoms with E-state index >= 15 is 0 Å². The number of nitrogens with one attached hydrogen (secondary N) is 1. The maximum absolute atomic E-state index is 13.3. The fourth-order valence-electron chi connectivity index (χ4n) is 3.88. The molecular weight excluding hydrogens is 370 g/mol. The highest BCUT2D eigenvalue weighted by molar-refractivity contribution is 6.23. The van der Waals surface area contributed by atoms with Crippen LogP contribution in [0.2, 0.25) is 0 Å². The minimum atomic E-state index is -1.15. The highest BCUT2D eigenvalue weighted by atomic mass is 16.5. The molecule has 0 fully saturated rings. The van der Waals surface area contributed by atoms with Gasteiger partial charge in [-0.1, -0.05) is 54.6 Å². The van der Waals surface area contributed by atoms with Crippen LogP contribution in [0.15, 0.2) is 71.4 Å². The van der Waals surface area contributed by atoms with Gasteiger partial charge < -0.3 is 20.3 Å². The van der Waals surface area contributed by atoms with Crippen molar-refractivity contribution in [3.8, 4) is 0 Å². The number of aliphatic hydroxyl groups excluding tert-OH is 2. The topological polar surface area (TPSA) is 95.9 Å². The molecule has 29 heavy (non-hydrogen) atoms. The lowest BCUT2D eigenvalue weighted by Crippen LogP contribution is -2.31. The summed E-state index contributed by atoms with van der Waals surface area (Å²) in [6.45, 7) is 0.937. The molecule has 2 atom stereocenters. The summed E-state index contributed by atoms with van der Waals surface area (Å²) in [7, 11) is 0. The Labute approximate surface area is 168 Å². The zero-order chi connectivity index (χ0) is 20.5. The number of ketones is 1. The van der Waals surface area contributed by atoms with Gasteiger partial charge in [0.15, 0.2) is 5.78 Å². The van der Waals surface area contributed by atoms with Gasteiger partial charge in [-0.2, -0.15) is 0 Å². The summed E-state index contributed by atoms with van der Waals surface area (Å²) in [5, 5.41) is 21.7. The van der Waals surface area contributed by atoms with Crippen molar-refractivity contribution in [2.45, 2.75) is 18.9 Å². The third kappa shape index (κ3) is 3.26. The van der Waals surface area contributed by atoms with Crippen LogP contribution in [0.1, 0.15) is 34.3 Å². The molecule has 1 aliphatic heterocycles. The lowest BCUT2D eigenvalue weighted by Gasteiger charge is -2.29. The highest BCUT2D eigenvalue weighted by Gasteiger charge is 2.42. The number of dihydropyridines is 1. The van der Waals surface area contributed by atoms with Gasteiger partial charge in [0, 0.05) is 28.3 Å². The second kappa shape index (κ2) is 7.66. The lowest BCUT2D eigenvalue weighted by atomic mass is 9.80. The molecule has 2 aromatic carbocycles. The molecule has 0 bridgehead atoms. The first-order valence-corrected chi connectivity index (χ1v) is 9.40. The van der Waals surface area contributed by atoms with E-state index in [1.54, 1.807) is 13.0 Å². The van der Waals surface area contributed by atoms with E-state index in [2.05, 4.69) is 5.32 Å². The van der Waals surface area contributed by atoms with Crippen LogP contribution >= 0.6 is 0 Å². The first kappa shape index (κ1) is 19.1. The Morgan fingerprint density at radius 2 is 1.76 bits per heavy atom. The summed E-state index contributed by atoms with van der Waals surface area (Å²) in [5.74, 6) is -1.34. The van der Waals surface area contributed by atoms with Crippen molar-refractivity contribution >= 4 is 17.4 Å². The average molecular weight is 391 g/mol. The predicted molar refractivity (Wildman–Crippen MR) is 107 cm³/mol. The monoisotopic (exact) mass is 391 g/mol. The van der Waals surface area contributed by atoms with E-state index in [9.17, 15) is 14.7 Å². The van der Waals surface area contributed by atoms with Crippen LogP contribution in [0, 0.1) is 0 Å². The van der Waals surface area contributed by atoms with E-state index in [1.165, 1.54) is 0 Å². The molecule has 4 rings (SSSR count). The van der Waals surface area contributed by atoms with E-state index in [0.717, 1.165) is 11.1 Å². The molecule has 1 heterocycles. The number of fused-ring (bicyclic) bond motifs is 2. The van der Waals surface area contributed by atoms with Crippen LogP contribution in [-0.4, -0.2) is 41.3 Å². The van der Waals surface area contributed by atoms with Gasteiger partial charge in [-0.05, 0) is 12.5 Å². The molecule has 0 amide bonds. The summed E-state index contributed by atoms with van der Waals surface area (Å²) >= 11 is 0. The number of hydrogen-bond donors (Lipinski definition) is 3. The summed E-state index contributed by atoms with van der Waals surface area (Å²) in [4.78, 5) is 26.2. The second-order valence-corrected chi connectivity index (χ2v) is 7.11. The fraction of sp³-hybridized carbons (Fsp3) is 0.217. The van der Waals surface area contributed by atoms with E-state index in [-0.39, 0.29) is 12.4 Å². The zero-order valence-electron chi connectivity index (χ0n) is 15.9. The van der Waals surface area contributed by atoms with Gasteiger partial charge >= 0.3 is 5.97 Å². The molecule has 2 aromatic rings. The third-order valence-corrected chi connectivity index (χ3v) is 5.22. The van der Waals surface area contributed by atoms with Gasteiger partial charge in [-0.3, -0.25) is 4.79 Å². The maximum atomic E-state index is 13.3. The second-order valence-electron chi connectivity index (χ2n) is 7.11. The maximum Gasteiger partial charge on any atom is 0.336 e. The van der Waals surface area contributed by atoms with Gasteiger partial charge in [0.25, 0.3) is 0 Å². The quantitative estimate of drug-likeness (QED) is 0.676. The number of rotatable bonds is 5. The predicted octanol–water partition coefficient (Wildman–Crippen LogP) is 2.15. The SMILES string of the molecule is CC1=C(C(=O)OC[C@H](O)CO)[C@H](c2ccccc2)C2=C(N1)c1ccccc1C2=O. The van der Waals surface area contributed by atoms with Crippen LogP contribution in [0.5, 0.6) is 0 Å². The zero-order valence-corrected chi connectivity index (χ0v) is 15.9. The molecule has 0 spiro atoms. The van der Waals surface area contributed by atoms with Crippen molar-refractivity contribution in [3.05, 3.63) is 88.1 Å². The molecule has 0 aromatic heterocycles. The summed E-state index contributed by atoms with van der Waals surface area (Å²) < 4.78 is 5.24. The molecule has 0 unspecified atom stereocenters. The van der Waals surface area contributed by atoms with Crippen LogP contribution in [0.25, 0.3) is 5.70 Å². The number of aliphatic hydroxyl groups is 2. The van der Waals surface area contributed by atoms with Crippen LogP contribution in [0.3, 0.4) is 0 Å².